The van der Waals surface area contributed by atoms with Gasteiger partial charge in [-0.05, 0) is 12.5 Å². The largest absolute Gasteiger partial charge is 0.314 e. The van der Waals surface area contributed by atoms with Crippen LogP contribution in [0, 0.1) is 17.2 Å². The molecule has 1 unspecified atom stereocenters. The van der Waals surface area contributed by atoms with E-state index < -0.39 is 22.1 Å². The maximum Gasteiger partial charge on any atom is 0.245 e. The number of nitrogens with zero attached hydrogens (tertiary/aromatic N) is 3. The van der Waals surface area contributed by atoms with Gasteiger partial charge in [-0.25, -0.2) is 8.42 Å². The summed E-state index contributed by atoms with van der Waals surface area (Å²) >= 11 is 6.16. The van der Waals surface area contributed by atoms with Crippen molar-refractivity contribution in [3.05, 3.63) is 35.6 Å². The van der Waals surface area contributed by atoms with Crippen LogP contribution < -0.4 is 5.73 Å². The highest BCUT2D eigenvalue weighted by Gasteiger charge is 2.42. The summed E-state index contributed by atoms with van der Waals surface area (Å²) in [5.41, 5.74) is 6.03. The minimum absolute atomic E-state index is 0.0289. The van der Waals surface area contributed by atoms with Crippen LogP contribution in [-0.2, 0) is 14.8 Å². The molecule has 7 nitrogen and oxygen atoms in total. The molecule has 2 heterocycles. The molecular weight excluding hydrogens is 364 g/mol. The van der Waals surface area contributed by atoms with Crippen molar-refractivity contribution in [3.8, 4) is 6.07 Å². The Morgan fingerprint density at radius 3 is 2.92 bits per heavy atom. The average molecular weight is 379 g/mol. The van der Waals surface area contributed by atoms with E-state index in [9.17, 15) is 13.2 Å². The fraction of sp³-hybridized carbons (Fsp3) is 0.312. The standard InChI is InChI=1S/C16H15ClN4O3S/c17-12-9-20-8-10-2-1-3-14(15(10)12)25(23,24)21-7-5-11(16(21)19)13(22)4-6-18/h1-3,8-9,11,16H,4-5,7,19H2/t11?,16-/m1/s1. The number of sulfonamides is 1. The molecule has 1 aliphatic heterocycles. The van der Waals surface area contributed by atoms with E-state index in [1.807, 2.05) is 0 Å². The summed E-state index contributed by atoms with van der Waals surface area (Å²) in [6.07, 6.45) is 1.93. The van der Waals surface area contributed by atoms with Crippen LogP contribution >= 0.6 is 11.6 Å². The fourth-order valence-corrected chi connectivity index (χ4v) is 5.25. The molecule has 2 aromatic rings. The third-order valence-corrected chi connectivity index (χ3v) is 6.58. The predicted octanol–water partition coefficient (Wildman–Crippen LogP) is 1.67. The van der Waals surface area contributed by atoms with Gasteiger partial charge in [-0.15, -0.1) is 0 Å². The molecule has 1 aromatic carbocycles. The molecule has 1 saturated heterocycles. The molecule has 1 aromatic heterocycles. The Bertz CT molecular complexity index is 981. The quantitative estimate of drug-likeness (QED) is 0.864. The Labute approximate surface area is 150 Å². The van der Waals surface area contributed by atoms with Crippen molar-refractivity contribution < 1.29 is 13.2 Å². The van der Waals surface area contributed by atoms with Crippen LogP contribution in [0.5, 0.6) is 0 Å². The number of hydrogen-bond donors (Lipinski definition) is 1. The SMILES string of the molecule is N#CCC(=O)C1CCN(S(=O)(=O)c2cccc3cncc(Cl)c23)[C@H]1N. The lowest BCUT2D eigenvalue weighted by atomic mass is 9.99. The van der Waals surface area contributed by atoms with E-state index in [0.29, 0.717) is 17.2 Å². The zero-order valence-corrected chi connectivity index (χ0v) is 14.7. The van der Waals surface area contributed by atoms with Gasteiger partial charge in [0, 0.05) is 35.6 Å². The van der Waals surface area contributed by atoms with Crippen molar-refractivity contribution in [2.75, 3.05) is 6.54 Å². The van der Waals surface area contributed by atoms with Crippen molar-refractivity contribution in [2.24, 2.45) is 11.7 Å². The van der Waals surface area contributed by atoms with Crippen LogP contribution in [0.3, 0.4) is 0 Å². The fourth-order valence-electron chi connectivity index (χ4n) is 3.13. The number of ketones is 1. The van der Waals surface area contributed by atoms with Crippen LogP contribution in [-0.4, -0.2) is 36.2 Å². The van der Waals surface area contributed by atoms with Gasteiger partial charge in [-0.3, -0.25) is 9.78 Å². The smallest absolute Gasteiger partial charge is 0.245 e. The number of hydrogen-bond acceptors (Lipinski definition) is 6. The van der Waals surface area contributed by atoms with E-state index in [1.165, 1.54) is 18.5 Å². The van der Waals surface area contributed by atoms with Gasteiger partial charge in [0.1, 0.15) is 0 Å². The number of fused-ring (bicyclic) bond motifs is 1. The zero-order chi connectivity index (χ0) is 18.2. The monoisotopic (exact) mass is 378 g/mol. The second kappa shape index (κ2) is 6.69. The minimum atomic E-state index is -3.96. The number of benzene rings is 1. The normalized spacial score (nSPS) is 21.3. The van der Waals surface area contributed by atoms with Crippen LogP contribution in [0.15, 0.2) is 35.5 Å². The molecule has 2 atom stereocenters. The van der Waals surface area contributed by atoms with Crippen LogP contribution in [0.1, 0.15) is 12.8 Å². The number of aromatic nitrogens is 1. The molecule has 0 spiro atoms. The van der Waals surface area contributed by atoms with Crippen LogP contribution in [0.4, 0.5) is 0 Å². The summed E-state index contributed by atoms with van der Waals surface area (Å²) in [5.74, 6) is -1.02. The third-order valence-electron chi connectivity index (χ3n) is 4.36. The maximum absolute atomic E-state index is 13.1. The number of nitrogens with two attached hydrogens (primary N) is 1. The van der Waals surface area contributed by atoms with Crippen molar-refractivity contribution in [1.82, 2.24) is 9.29 Å². The summed E-state index contributed by atoms with van der Waals surface area (Å²) in [6.45, 7) is 0.116. The summed E-state index contributed by atoms with van der Waals surface area (Å²) in [6, 6.07) is 6.57. The lowest BCUT2D eigenvalue weighted by Gasteiger charge is -2.24. The van der Waals surface area contributed by atoms with E-state index in [-0.39, 0.29) is 28.7 Å². The molecule has 1 aliphatic rings. The number of halogens is 1. The van der Waals surface area contributed by atoms with E-state index >= 15 is 0 Å². The van der Waals surface area contributed by atoms with Gasteiger partial charge in [-0.2, -0.15) is 9.57 Å². The molecule has 2 N–H and O–H groups in total. The number of carbonyl (C=O) groups excluding carboxylic acids is 1. The van der Waals surface area contributed by atoms with Gasteiger partial charge in [0.2, 0.25) is 10.0 Å². The van der Waals surface area contributed by atoms with Crippen molar-refractivity contribution in [1.29, 1.82) is 5.26 Å². The number of Topliss-reactive ketones (excluding diaryl/α,β-unsaturated/α-hetero) is 1. The molecule has 25 heavy (non-hydrogen) atoms. The van der Waals surface area contributed by atoms with E-state index in [1.54, 1.807) is 18.2 Å². The summed E-state index contributed by atoms with van der Waals surface area (Å²) in [5, 5.41) is 9.86. The molecule has 1 fully saturated rings. The molecule has 0 aliphatic carbocycles. The third kappa shape index (κ3) is 3.00. The van der Waals surface area contributed by atoms with Gasteiger partial charge < -0.3 is 5.73 Å². The first kappa shape index (κ1) is 17.8. The molecule has 0 bridgehead atoms. The Balaban J connectivity index is 2.04. The van der Waals surface area contributed by atoms with Crippen molar-refractivity contribution >= 4 is 38.2 Å². The topological polar surface area (TPSA) is 117 Å². The Hall–Kier alpha value is -2.05. The maximum atomic E-state index is 13.1. The van der Waals surface area contributed by atoms with Gasteiger partial charge in [-0.1, -0.05) is 23.7 Å². The second-order valence-electron chi connectivity index (χ2n) is 5.78. The Morgan fingerprint density at radius 1 is 1.44 bits per heavy atom. The summed E-state index contributed by atoms with van der Waals surface area (Å²) in [7, 11) is -3.96. The van der Waals surface area contributed by atoms with E-state index in [2.05, 4.69) is 4.98 Å². The molecule has 0 amide bonds. The van der Waals surface area contributed by atoms with Crippen molar-refractivity contribution in [3.63, 3.8) is 0 Å². The molecular formula is C16H15ClN4O3S. The Kier molecular flexibility index (Phi) is 4.75. The number of pyridine rings is 1. The minimum Gasteiger partial charge on any atom is -0.314 e. The van der Waals surface area contributed by atoms with Gasteiger partial charge in [0.05, 0.1) is 28.6 Å². The van der Waals surface area contributed by atoms with E-state index in [4.69, 9.17) is 22.6 Å². The van der Waals surface area contributed by atoms with Crippen molar-refractivity contribution in [2.45, 2.75) is 23.9 Å². The van der Waals surface area contributed by atoms with Crippen LogP contribution in [0.2, 0.25) is 5.02 Å². The van der Waals surface area contributed by atoms with Crippen LogP contribution in [0.25, 0.3) is 10.8 Å². The lowest BCUT2D eigenvalue weighted by molar-refractivity contribution is -0.122. The first-order chi connectivity index (χ1) is 11.9. The number of rotatable bonds is 4. The molecule has 130 valence electrons. The van der Waals surface area contributed by atoms with Gasteiger partial charge >= 0.3 is 0 Å². The van der Waals surface area contributed by atoms with Gasteiger partial charge in [0.25, 0.3) is 0 Å². The Morgan fingerprint density at radius 2 is 2.20 bits per heavy atom. The lowest BCUT2D eigenvalue weighted by Crippen LogP contribution is -2.45. The highest BCUT2D eigenvalue weighted by atomic mass is 35.5. The number of nitriles is 1. The first-order valence-electron chi connectivity index (χ1n) is 7.57. The molecule has 9 heteroatoms. The second-order valence-corrected chi connectivity index (χ2v) is 8.04. The molecule has 3 rings (SSSR count). The molecule has 0 radical (unpaired) electrons. The van der Waals surface area contributed by atoms with Gasteiger partial charge in [0.15, 0.2) is 5.78 Å². The average Bonchev–Trinajstić information content (AvgIpc) is 2.97. The highest BCUT2D eigenvalue weighted by molar-refractivity contribution is 7.89. The number of carbonyl (C=O) groups is 1. The zero-order valence-electron chi connectivity index (χ0n) is 13.1. The highest BCUT2D eigenvalue weighted by Crippen LogP contribution is 2.34. The summed E-state index contributed by atoms with van der Waals surface area (Å²) in [4.78, 5) is 16.0. The van der Waals surface area contributed by atoms with E-state index in [0.717, 1.165) is 4.31 Å². The summed E-state index contributed by atoms with van der Waals surface area (Å²) < 4.78 is 27.4. The predicted molar refractivity (Wildman–Crippen MR) is 92.0 cm³/mol. The molecule has 0 saturated carbocycles. The first-order valence-corrected chi connectivity index (χ1v) is 9.39.